The number of fused-ring (bicyclic) bond motifs is 1. The topological polar surface area (TPSA) is 15.7 Å². The standard InChI is InChI=1S/C16H32N2O/c1-6-7-13(2)19-15-10-14-11-18(16(3,4)5)9-8-17(14)12-15/h13-15H,6-12H2,1-5H3/t13?,14-,15+/m0/s1. The number of ether oxygens (including phenoxy) is 1. The van der Waals surface area contributed by atoms with Gasteiger partial charge < -0.3 is 4.74 Å². The van der Waals surface area contributed by atoms with Crippen LogP contribution in [0.2, 0.25) is 0 Å². The quantitative estimate of drug-likeness (QED) is 0.780. The molecule has 0 aromatic rings. The molecule has 3 heteroatoms. The molecule has 0 bridgehead atoms. The number of hydrogen-bond acceptors (Lipinski definition) is 3. The molecule has 0 aromatic heterocycles. The molecule has 0 amide bonds. The van der Waals surface area contributed by atoms with Crippen LogP contribution >= 0.6 is 0 Å². The molecule has 2 fully saturated rings. The highest BCUT2D eigenvalue weighted by atomic mass is 16.5. The van der Waals surface area contributed by atoms with Crippen molar-refractivity contribution in [1.29, 1.82) is 0 Å². The lowest BCUT2D eigenvalue weighted by Gasteiger charge is -2.44. The van der Waals surface area contributed by atoms with E-state index in [0.717, 1.165) is 6.54 Å². The van der Waals surface area contributed by atoms with Gasteiger partial charge in [0, 0.05) is 37.8 Å². The van der Waals surface area contributed by atoms with E-state index in [1.54, 1.807) is 0 Å². The summed E-state index contributed by atoms with van der Waals surface area (Å²) in [6, 6.07) is 0.715. The third-order valence-corrected chi connectivity index (χ3v) is 4.65. The summed E-state index contributed by atoms with van der Waals surface area (Å²) in [5.41, 5.74) is 0.306. The third-order valence-electron chi connectivity index (χ3n) is 4.65. The second kappa shape index (κ2) is 6.11. The van der Waals surface area contributed by atoms with Gasteiger partial charge in [0.2, 0.25) is 0 Å². The van der Waals surface area contributed by atoms with Crippen molar-refractivity contribution >= 4 is 0 Å². The summed E-state index contributed by atoms with van der Waals surface area (Å²) in [5.74, 6) is 0. The summed E-state index contributed by atoms with van der Waals surface area (Å²) in [4.78, 5) is 5.28. The van der Waals surface area contributed by atoms with E-state index >= 15 is 0 Å². The maximum Gasteiger partial charge on any atom is 0.0721 e. The summed E-state index contributed by atoms with van der Waals surface area (Å²) < 4.78 is 6.20. The Balaban J connectivity index is 1.84. The largest absolute Gasteiger partial charge is 0.374 e. The van der Waals surface area contributed by atoms with Gasteiger partial charge in [0.1, 0.15) is 0 Å². The van der Waals surface area contributed by atoms with Crippen LogP contribution in [0.3, 0.4) is 0 Å². The van der Waals surface area contributed by atoms with E-state index in [9.17, 15) is 0 Å². The highest BCUT2D eigenvalue weighted by Crippen LogP contribution is 2.28. The van der Waals surface area contributed by atoms with Gasteiger partial charge in [-0.05, 0) is 40.5 Å². The maximum absolute atomic E-state index is 6.20. The minimum Gasteiger partial charge on any atom is -0.374 e. The van der Waals surface area contributed by atoms with E-state index in [1.807, 2.05) is 0 Å². The number of piperazine rings is 1. The molecule has 2 heterocycles. The Hall–Kier alpha value is -0.120. The second-order valence-electron chi connectivity index (χ2n) is 7.36. The van der Waals surface area contributed by atoms with E-state index < -0.39 is 0 Å². The highest BCUT2D eigenvalue weighted by Gasteiger charge is 2.39. The van der Waals surface area contributed by atoms with Crippen molar-refractivity contribution in [3.05, 3.63) is 0 Å². The Bertz CT molecular complexity index is 287. The van der Waals surface area contributed by atoms with E-state index in [-0.39, 0.29) is 0 Å². The molecule has 0 saturated carbocycles. The van der Waals surface area contributed by atoms with Gasteiger partial charge >= 0.3 is 0 Å². The average molecular weight is 268 g/mol. The lowest BCUT2D eigenvalue weighted by Crippen LogP contribution is -2.56. The molecule has 0 spiro atoms. The minimum absolute atomic E-state index is 0.306. The Morgan fingerprint density at radius 3 is 2.58 bits per heavy atom. The number of nitrogens with zero attached hydrogens (tertiary/aromatic N) is 2. The first-order valence-electron chi connectivity index (χ1n) is 8.04. The van der Waals surface area contributed by atoms with E-state index in [2.05, 4.69) is 44.4 Å². The third kappa shape index (κ3) is 3.93. The van der Waals surface area contributed by atoms with Crippen molar-refractivity contribution < 1.29 is 4.74 Å². The molecule has 2 saturated heterocycles. The fraction of sp³-hybridized carbons (Fsp3) is 1.00. The summed E-state index contributed by atoms with van der Waals surface area (Å²) in [7, 11) is 0. The van der Waals surface area contributed by atoms with Crippen LogP contribution in [0.4, 0.5) is 0 Å². The van der Waals surface area contributed by atoms with E-state index in [4.69, 9.17) is 4.74 Å². The molecule has 0 N–H and O–H groups in total. The minimum atomic E-state index is 0.306. The Morgan fingerprint density at radius 1 is 1.21 bits per heavy atom. The van der Waals surface area contributed by atoms with E-state index in [1.165, 1.54) is 38.9 Å². The fourth-order valence-corrected chi connectivity index (χ4v) is 3.51. The first-order valence-corrected chi connectivity index (χ1v) is 8.04. The summed E-state index contributed by atoms with van der Waals surface area (Å²) in [6.07, 6.45) is 4.52. The molecular weight excluding hydrogens is 236 g/mol. The van der Waals surface area contributed by atoms with Crippen LogP contribution in [0.1, 0.15) is 53.9 Å². The van der Waals surface area contributed by atoms with Gasteiger partial charge in [-0.25, -0.2) is 0 Å². The normalized spacial score (nSPS) is 31.4. The van der Waals surface area contributed by atoms with Gasteiger partial charge in [-0.3, -0.25) is 9.80 Å². The van der Waals surface area contributed by atoms with Crippen molar-refractivity contribution in [2.75, 3.05) is 26.2 Å². The molecule has 3 nitrogen and oxygen atoms in total. The van der Waals surface area contributed by atoms with Gasteiger partial charge in [-0.2, -0.15) is 0 Å². The molecule has 2 rings (SSSR count). The molecule has 0 aliphatic carbocycles. The van der Waals surface area contributed by atoms with Crippen LogP contribution in [0.25, 0.3) is 0 Å². The predicted molar refractivity (Wildman–Crippen MR) is 80.5 cm³/mol. The van der Waals surface area contributed by atoms with E-state index in [0.29, 0.717) is 23.8 Å². The molecule has 3 atom stereocenters. The monoisotopic (exact) mass is 268 g/mol. The van der Waals surface area contributed by atoms with Crippen molar-refractivity contribution in [2.24, 2.45) is 0 Å². The zero-order valence-electron chi connectivity index (χ0n) is 13.5. The molecule has 2 aliphatic heterocycles. The van der Waals surface area contributed by atoms with Crippen molar-refractivity contribution in [2.45, 2.75) is 77.7 Å². The lowest BCUT2D eigenvalue weighted by atomic mass is 10.0. The highest BCUT2D eigenvalue weighted by molar-refractivity contribution is 4.94. The molecule has 0 aromatic carbocycles. The zero-order valence-corrected chi connectivity index (χ0v) is 13.5. The average Bonchev–Trinajstić information content (AvgIpc) is 2.68. The van der Waals surface area contributed by atoms with Crippen LogP contribution in [0.5, 0.6) is 0 Å². The van der Waals surface area contributed by atoms with Gasteiger partial charge in [0.05, 0.1) is 12.2 Å². The van der Waals surface area contributed by atoms with Gasteiger partial charge in [-0.15, -0.1) is 0 Å². The predicted octanol–water partition coefficient (Wildman–Crippen LogP) is 2.75. The van der Waals surface area contributed by atoms with Crippen molar-refractivity contribution in [1.82, 2.24) is 9.80 Å². The van der Waals surface area contributed by atoms with Crippen molar-refractivity contribution in [3.63, 3.8) is 0 Å². The molecule has 0 radical (unpaired) electrons. The number of hydrogen-bond donors (Lipinski definition) is 0. The zero-order chi connectivity index (χ0) is 14.0. The smallest absolute Gasteiger partial charge is 0.0721 e. The van der Waals surface area contributed by atoms with Crippen LogP contribution < -0.4 is 0 Å². The Morgan fingerprint density at radius 2 is 1.95 bits per heavy atom. The van der Waals surface area contributed by atoms with Gasteiger partial charge in [-0.1, -0.05) is 13.3 Å². The molecule has 2 aliphatic rings. The first-order chi connectivity index (χ1) is 8.90. The molecule has 1 unspecified atom stereocenters. The van der Waals surface area contributed by atoms with Crippen LogP contribution in [-0.4, -0.2) is 59.8 Å². The number of rotatable bonds is 4. The Kier molecular flexibility index (Phi) is 4.91. The fourth-order valence-electron chi connectivity index (χ4n) is 3.51. The summed E-state index contributed by atoms with van der Waals surface area (Å²) in [6.45, 7) is 16.2. The molecule has 112 valence electrons. The second-order valence-corrected chi connectivity index (χ2v) is 7.36. The van der Waals surface area contributed by atoms with Crippen molar-refractivity contribution in [3.8, 4) is 0 Å². The van der Waals surface area contributed by atoms with Gasteiger partial charge in [0.25, 0.3) is 0 Å². The maximum atomic E-state index is 6.20. The Labute approximate surface area is 119 Å². The first kappa shape index (κ1) is 15.3. The van der Waals surface area contributed by atoms with Crippen LogP contribution in [-0.2, 0) is 4.74 Å². The van der Waals surface area contributed by atoms with Crippen LogP contribution in [0.15, 0.2) is 0 Å². The molecular formula is C16H32N2O. The lowest BCUT2D eigenvalue weighted by molar-refractivity contribution is -0.000823. The van der Waals surface area contributed by atoms with Crippen LogP contribution in [0, 0.1) is 0 Å². The summed E-state index contributed by atoms with van der Waals surface area (Å²) in [5, 5.41) is 0. The SMILES string of the molecule is CCCC(C)O[C@@H]1C[C@H]2CN(C(C)(C)C)CCN2C1. The summed E-state index contributed by atoms with van der Waals surface area (Å²) >= 11 is 0. The van der Waals surface area contributed by atoms with Gasteiger partial charge in [0.15, 0.2) is 0 Å². The molecule has 19 heavy (non-hydrogen) atoms.